The van der Waals surface area contributed by atoms with Crippen molar-refractivity contribution in [1.29, 1.82) is 5.41 Å². The number of carbonyl (C=O) groups excluding carboxylic acids is 1. The molecule has 0 fully saturated rings. The van der Waals surface area contributed by atoms with E-state index < -0.39 is 0 Å². The van der Waals surface area contributed by atoms with Gasteiger partial charge < -0.3 is 10.6 Å². The number of amidine groups is 1. The maximum atomic E-state index is 11.4. The third-order valence-electron chi connectivity index (χ3n) is 2.66. The molecular weight excluding hydrogens is 214 g/mol. The molecule has 0 aliphatic carbocycles. The van der Waals surface area contributed by atoms with Crippen molar-refractivity contribution in [3.8, 4) is 0 Å². The second kappa shape index (κ2) is 9.02. The van der Waals surface area contributed by atoms with Crippen molar-refractivity contribution in [3.05, 3.63) is 0 Å². The van der Waals surface area contributed by atoms with Crippen LogP contribution in [0.15, 0.2) is 0 Å². The van der Waals surface area contributed by atoms with E-state index in [0.29, 0.717) is 18.3 Å². The van der Waals surface area contributed by atoms with Gasteiger partial charge in [0.05, 0.1) is 5.84 Å². The van der Waals surface area contributed by atoms with Gasteiger partial charge in [0.2, 0.25) is 5.91 Å². The van der Waals surface area contributed by atoms with Crippen LogP contribution < -0.4 is 10.6 Å². The van der Waals surface area contributed by atoms with Gasteiger partial charge in [-0.25, -0.2) is 0 Å². The van der Waals surface area contributed by atoms with Crippen molar-refractivity contribution >= 4 is 11.7 Å². The van der Waals surface area contributed by atoms with E-state index in [-0.39, 0.29) is 11.8 Å². The summed E-state index contributed by atoms with van der Waals surface area (Å²) in [6, 6.07) is 0. The summed E-state index contributed by atoms with van der Waals surface area (Å²) in [4.78, 5) is 11.4. The molecule has 0 spiro atoms. The molecule has 100 valence electrons. The Morgan fingerprint density at radius 1 is 1.18 bits per heavy atom. The summed E-state index contributed by atoms with van der Waals surface area (Å²) < 4.78 is 0. The van der Waals surface area contributed by atoms with Crippen molar-refractivity contribution in [2.75, 3.05) is 13.1 Å². The molecule has 0 aromatic rings. The van der Waals surface area contributed by atoms with Crippen molar-refractivity contribution in [2.45, 2.75) is 47.0 Å². The fraction of sp³-hybridized carbons (Fsp3) is 0.846. The van der Waals surface area contributed by atoms with Crippen LogP contribution in [0.1, 0.15) is 47.0 Å². The first-order chi connectivity index (χ1) is 7.97. The summed E-state index contributed by atoms with van der Waals surface area (Å²) in [7, 11) is 0. The molecule has 0 aromatic heterocycles. The van der Waals surface area contributed by atoms with E-state index in [2.05, 4.69) is 24.5 Å². The lowest BCUT2D eigenvalue weighted by Gasteiger charge is -2.11. The average Bonchev–Trinajstić information content (AvgIpc) is 2.26. The molecule has 0 radical (unpaired) electrons. The second-order valence-electron chi connectivity index (χ2n) is 4.96. The van der Waals surface area contributed by atoms with E-state index >= 15 is 0 Å². The zero-order chi connectivity index (χ0) is 13.3. The van der Waals surface area contributed by atoms with Crippen LogP contribution in [0.2, 0.25) is 0 Å². The summed E-state index contributed by atoms with van der Waals surface area (Å²) in [6.07, 6.45) is 2.53. The van der Waals surface area contributed by atoms with Crippen molar-refractivity contribution in [2.24, 2.45) is 11.8 Å². The van der Waals surface area contributed by atoms with Gasteiger partial charge in [0.25, 0.3) is 0 Å². The molecule has 4 nitrogen and oxygen atoms in total. The van der Waals surface area contributed by atoms with Crippen LogP contribution in [-0.2, 0) is 4.79 Å². The summed E-state index contributed by atoms with van der Waals surface area (Å²) in [5.74, 6) is 1.33. The molecule has 0 bridgehead atoms. The average molecular weight is 241 g/mol. The third kappa shape index (κ3) is 8.72. The van der Waals surface area contributed by atoms with Crippen LogP contribution >= 0.6 is 0 Å². The fourth-order valence-corrected chi connectivity index (χ4v) is 1.38. The number of hydrogen-bond donors (Lipinski definition) is 3. The van der Waals surface area contributed by atoms with Gasteiger partial charge in [0, 0.05) is 25.4 Å². The molecule has 0 rings (SSSR count). The predicted octanol–water partition coefficient (Wildman–Crippen LogP) is 2.15. The Hall–Kier alpha value is -1.06. The van der Waals surface area contributed by atoms with E-state index in [0.717, 1.165) is 25.8 Å². The molecule has 0 aliphatic heterocycles. The van der Waals surface area contributed by atoms with Crippen molar-refractivity contribution in [3.63, 3.8) is 0 Å². The summed E-state index contributed by atoms with van der Waals surface area (Å²) in [5.41, 5.74) is 0. The molecule has 1 unspecified atom stereocenters. The quantitative estimate of drug-likeness (QED) is 0.346. The van der Waals surface area contributed by atoms with Crippen molar-refractivity contribution in [1.82, 2.24) is 10.6 Å². The summed E-state index contributed by atoms with van der Waals surface area (Å²) >= 11 is 0. The molecule has 0 aliphatic rings. The lowest BCUT2D eigenvalue weighted by atomic mass is 10.1. The minimum atomic E-state index is 0.0993. The maximum absolute atomic E-state index is 11.4. The number of nitrogens with one attached hydrogen (secondary N) is 3. The van der Waals surface area contributed by atoms with Crippen LogP contribution in [-0.4, -0.2) is 24.8 Å². The lowest BCUT2D eigenvalue weighted by Crippen LogP contribution is -2.32. The topological polar surface area (TPSA) is 65.0 Å². The van der Waals surface area contributed by atoms with E-state index in [1.54, 1.807) is 0 Å². The first-order valence-corrected chi connectivity index (χ1v) is 6.56. The standard InChI is InChI=1S/C13H27N3O/c1-5-11(4)13(17)16-8-6-7-15-12(14)9-10(2)3/h10-11H,5-9H2,1-4H3,(H2,14,15)(H,16,17). The molecule has 4 heteroatoms. The fourth-order valence-electron chi connectivity index (χ4n) is 1.38. The van der Waals surface area contributed by atoms with E-state index in [9.17, 15) is 4.79 Å². The molecule has 17 heavy (non-hydrogen) atoms. The second-order valence-corrected chi connectivity index (χ2v) is 4.96. The zero-order valence-corrected chi connectivity index (χ0v) is 11.6. The minimum absolute atomic E-state index is 0.0993. The molecule has 0 heterocycles. The Bertz CT molecular complexity index is 239. The Labute approximate surface area is 105 Å². The number of carbonyl (C=O) groups is 1. The van der Waals surface area contributed by atoms with Gasteiger partial charge in [-0.3, -0.25) is 10.2 Å². The normalized spacial score (nSPS) is 12.3. The largest absolute Gasteiger partial charge is 0.374 e. The Morgan fingerprint density at radius 3 is 2.29 bits per heavy atom. The van der Waals surface area contributed by atoms with E-state index in [4.69, 9.17) is 5.41 Å². The van der Waals surface area contributed by atoms with Crippen molar-refractivity contribution < 1.29 is 4.79 Å². The van der Waals surface area contributed by atoms with Gasteiger partial charge in [-0.15, -0.1) is 0 Å². The highest BCUT2D eigenvalue weighted by molar-refractivity contribution is 5.79. The molecule has 0 saturated carbocycles. The number of hydrogen-bond acceptors (Lipinski definition) is 2. The van der Waals surface area contributed by atoms with Gasteiger partial charge in [-0.1, -0.05) is 27.7 Å². The van der Waals surface area contributed by atoms with Gasteiger partial charge in [-0.05, 0) is 18.8 Å². The Morgan fingerprint density at radius 2 is 1.76 bits per heavy atom. The van der Waals surface area contributed by atoms with Crippen LogP contribution in [0.5, 0.6) is 0 Å². The smallest absolute Gasteiger partial charge is 0.222 e. The van der Waals surface area contributed by atoms with Crippen LogP contribution in [0.25, 0.3) is 0 Å². The van der Waals surface area contributed by atoms with E-state index in [1.807, 2.05) is 13.8 Å². The first kappa shape index (κ1) is 15.9. The molecule has 3 N–H and O–H groups in total. The molecular formula is C13H27N3O. The van der Waals surface area contributed by atoms with Crippen LogP contribution in [0.3, 0.4) is 0 Å². The maximum Gasteiger partial charge on any atom is 0.222 e. The highest BCUT2D eigenvalue weighted by Gasteiger charge is 2.08. The van der Waals surface area contributed by atoms with Gasteiger partial charge in [-0.2, -0.15) is 0 Å². The van der Waals surface area contributed by atoms with Gasteiger partial charge in [0.1, 0.15) is 0 Å². The first-order valence-electron chi connectivity index (χ1n) is 6.56. The molecule has 0 saturated heterocycles. The molecule has 1 amide bonds. The van der Waals surface area contributed by atoms with Gasteiger partial charge in [0.15, 0.2) is 0 Å². The van der Waals surface area contributed by atoms with Crippen LogP contribution in [0.4, 0.5) is 0 Å². The van der Waals surface area contributed by atoms with E-state index in [1.165, 1.54) is 0 Å². The highest BCUT2D eigenvalue weighted by Crippen LogP contribution is 1.99. The highest BCUT2D eigenvalue weighted by atomic mass is 16.1. The minimum Gasteiger partial charge on any atom is -0.374 e. The monoisotopic (exact) mass is 241 g/mol. The summed E-state index contributed by atoms with van der Waals surface area (Å²) in [5, 5.41) is 13.6. The molecule has 1 atom stereocenters. The Balaban J connectivity index is 3.46. The number of amides is 1. The lowest BCUT2D eigenvalue weighted by molar-refractivity contribution is -0.124. The summed E-state index contributed by atoms with van der Waals surface area (Å²) in [6.45, 7) is 9.59. The third-order valence-corrected chi connectivity index (χ3v) is 2.66. The molecule has 0 aromatic carbocycles. The van der Waals surface area contributed by atoms with Crippen LogP contribution in [0, 0.1) is 17.2 Å². The van der Waals surface area contributed by atoms with Gasteiger partial charge >= 0.3 is 0 Å². The zero-order valence-electron chi connectivity index (χ0n) is 11.6. The Kier molecular flexibility index (Phi) is 8.46. The SMILES string of the molecule is CCC(C)C(=O)NCCCNC(=N)CC(C)C. The number of rotatable bonds is 8. The predicted molar refractivity (Wildman–Crippen MR) is 72.3 cm³/mol.